The summed E-state index contributed by atoms with van der Waals surface area (Å²) < 4.78 is 0. The molecule has 0 aliphatic carbocycles. The Bertz CT molecular complexity index is 461. The smallest absolute Gasteiger partial charge is 0.240 e. The SMILES string of the molecule is NCC1CCCN1CC(=O)NC(=O)Cc1ccccc1. The molecule has 108 valence electrons. The molecule has 5 nitrogen and oxygen atoms in total. The Morgan fingerprint density at radius 2 is 2.00 bits per heavy atom. The zero-order valence-corrected chi connectivity index (χ0v) is 11.5. The number of hydrogen-bond donors (Lipinski definition) is 2. The largest absolute Gasteiger partial charge is 0.329 e. The highest BCUT2D eigenvalue weighted by Gasteiger charge is 2.25. The van der Waals surface area contributed by atoms with Crippen LogP contribution in [0, 0.1) is 0 Å². The average molecular weight is 275 g/mol. The van der Waals surface area contributed by atoms with E-state index in [-0.39, 0.29) is 30.8 Å². The number of amides is 2. The molecule has 1 heterocycles. The third-order valence-electron chi connectivity index (χ3n) is 3.60. The number of nitrogens with one attached hydrogen (secondary N) is 1. The molecule has 1 aliphatic heterocycles. The van der Waals surface area contributed by atoms with Crippen LogP contribution in [0.4, 0.5) is 0 Å². The van der Waals surface area contributed by atoms with Gasteiger partial charge in [0.2, 0.25) is 11.8 Å². The summed E-state index contributed by atoms with van der Waals surface area (Å²) in [5.74, 6) is -0.504. The van der Waals surface area contributed by atoms with Crippen LogP contribution in [0.1, 0.15) is 18.4 Å². The van der Waals surface area contributed by atoms with Gasteiger partial charge >= 0.3 is 0 Å². The van der Waals surface area contributed by atoms with Crippen molar-refractivity contribution in [3.05, 3.63) is 35.9 Å². The highest BCUT2D eigenvalue weighted by molar-refractivity contribution is 5.96. The van der Waals surface area contributed by atoms with Crippen LogP contribution in [0.15, 0.2) is 30.3 Å². The molecule has 1 aromatic carbocycles. The lowest BCUT2D eigenvalue weighted by molar-refractivity contribution is -0.130. The number of hydrogen-bond acceptors (Lipinski definition) is 4. The minimum Gasteiger partial charge on any atom is -0.329 e. The van der Waals surface area contributed by atoms with Gasteiger partial charge in [0, 0.05) is 12.6 Å². The Balaban J connectivity index is 1.78. The number of rotatable bonds is 5. The maximum absolute atomic E-state index is 11.8. The van der Waals surface area contributed by atoms with Gasteiger partial charge in [-0.1, -0.05) is 30.3 Å². The van der Waals surface area contributed by atoms with Gasteiger partial charge in [0.05, 0.1) is 13.0 Å². The van der Waals surface area contributed by atoms with Crippen LogP contribution < -0.4 is 11.1 Å². The molecular weight excluding hydrogens is 254 g/mol. The van der Waals surface area contributed by atoms with Gasteiger partial charge in [-0.05, 0) is 24.9 Å². The molecule has 0 radical (unpaired) electrons. The summed E-state index contributed by atoms with van der Waals surface area (Å²) in [5, 5.41) is 2.44. The van der Waals surface area contributed by atoms with Gasteiger partial charge in [0.25, 0.3) is 0 Å². The summed E-state index contributed by atoms with van der Waals surface area (Å²) in [7, 11) is 0. The number of nitrogens with two attached hydrogens (primary N) is 1. The highest BCUT2D eigenvalue weighted by Crippen LogP contribution is 2.15. The molecule has 1 aliphatic rings. The van der Waals surface area contributed by atoms with E-state index in [2.05, 4.69) is 5.32 Å². The van der Waals surface area contributed by atoms with Crippen molar-refractivity contribution in [2.45, 2.75) is 25.3 Å². The third-order valence-corrected chi connectivity index (χ3v) is 3.60. The topological polar surface area (TPSA) is 75.4 Å². The monoisotopic (exact) mass is 275 g/mol. The summed E-state index contributed by atoms with van der Waals surface area (Å²) in [5.41, 5.74) is 6.56. The van der Waals surface area contributed by atoms with E-state index in [0.29, 0.717) is 6.54 Å². The molecular formula is C15H21N3O2. The predicted octanol–water partition coefficient (Wildman–Crippen LogP) is 0.295. The zero-order valence-electron chi connectivity index (χ0n) is 11.5. The standard InChI is InChI=1S/C15H21N3O2/c16-10-13-7-4-8-18(13)11-15(20)17-14(19)9-12-5-2-1-3-6-12/h1-3,5-6,13H,4,7-11,16H2,(H,17,19,20). The van der Waals surface area contributed by atoms with Crippen LogP contribution in [0.5, 0.6) is 0 Å². The second kappa shape index (κ2) is 7.17. The summed E-state index contributed by atoms with van der Waals surface area (Å²) in [6, 6.07) is 9.66. The van der Waals surface area contributed by atoms with E-state index >= 15 is 0 Å². The van der Waals surface area contributed by atoms with E-state index in [0.717, 1.165) is 24.9 Å². The van der Waals surface area contributed by atoms with Crippen LogP contribution in [0.3, 0.4) is 0 Å². The van der Waals surface area contributed by atoms with Gasteiger partial charge in [-0.15, -0.1) is 0 Å². The second-order valence-electron chi connectivity index (χ2n) is 5.14. The first-order valence-electron chi connectivity index (χ1n) is 6.99. The molecule has 1 saturated heterocycles. The summed E-state index contributed by atoms with van der Waals surface area (Å²) >= 11 is 0. The van der Waals surface area contributed by atoms with Gasteiger partial charge in [0.15, 0.2) is 0 Å². The van der Waals surface area contributed by atoms with Crippen LogP contribution in [-0.2, 0) is 16.0 Å². The molecule has 0 bridgehead atoms. The molecule has 2 rings (SSSR count). The lowest BCUT2D eigenvalue weighted by Crippen LogP contribution is -2.44. The first kappa shape index (κ1) is 14.7. The first-order chi connectivity index (χ1) is 9.69. The molecule has 20 heavy (non-hydrogen) atoms. The van der Waals surface area contributed by atoms with Crippen molar-refractivity contribution >= 4 is 11.8 Å². The van der Waals surface area contributed by atoms with E-state index in [1.165, 1.54) is 0 Å². The Morgan fingerprint density at radius 1 is 1.25 bits per heavy atom. The third kappa shape index (κ3) is 4.15. The van der Waals surface area contributed by atoms with E-state index < -0.39 is 0 Å². The number of carbonyl (C=O) groups is 2. The average Bonchev–Trinajstić information content (AvgIpc) is 2.86. The van der Waals surface area contributed by atoms with Crippen molar-refractivity contribution in [1.82, 2.24) is 10.2 Å². The van der Waals surface area contributed by atoms with Gasteiger partial charge in [-0.2, -0.15) is 0 Å². The molecule has 1 atom stereocenters. The van der Waals surface area contributed by atoms with E-state index in [1.807, 2.05) is 35.2 Å². The minimum atomic E-state index is -0.260. The summed E-state index contributed by atoms with van der Waals surface area (Å²) in [6.45, 7) is 1.69. The van der Waals surface area contributed by atoms with Crippen LogP contribution in [-0.4, -0.2) is 42.4 Å². The molecule has 0 saturated carbocycles. The van der Waals surface area contributed by atoms with Gasteiger partial charge in [-0.3, -0.25) is 19.8 Å². The lowest BCUT2D eigenvalue weighted by atomic mass is 10.1. The second-order valence-corrected chi connectivity index (χ2v) is 5.14. The minimum absolute atomic E-state index is 0.229. The Hall–Kier alpha value is -1.72. The molecule has 1 aromatic rings. The highest BCUT2D eigenvalue weighted by atomic mass is 16.2. The van der Waals surface area contributed by atoms with Gasteiger partial charge in [0.1, 0.15) is 0 Å². The fraction of sp³-hybridized carbons (Fsp3) is 0.467. The number of imide groups is 1. The normalized spacial score (nSPS) is 18.9. The Labute approximate surface area is 119 Å². The lowest BCUT2D eigenvalue weighted by Gasteiger charge is -2.21. The number of likely N-dealkylation sites (tertiary alicyclic amines) is 1. The van der Waals surface area contributed by atoms with Crippen molar-refractivity contribution in [3.63, 3.8) is 0 Å². The van der Waals surface area contributed by atoms with Crippen molar-refractivity contribution in [2.75, 3.05) is 19.6 Å². The van der Waals surface area contributed by atoms with Crippen molar-refractivity contribution in [1.29, 1.82) is 0 Å². The van der Waals surface area contributed by atoms with E-state index in [1.54, 1.807) is 0 Å². The van der Waals surface area contributed by atoms with Crippen LogP contribution in [0.25, 0.3) is 0 Å². The van der Waals surface area contributed by atoms with E-state index in [4.69, 9.17) is 5.73 Å². The maximum atomic E-state index is 11.8. The number of benzene rings is 1. The fourth-order valence-electron chi connectivity index (χ4n) is 2.58. The van der Waals surface area contributed by atoms with Crippen LogP contribution in [0.2, 0.25) is 0 Å². The molecule has 0 spiro atoms. The van der Waals surface area contributed by atoms with Gasteiger partial charge < -0.3 is 5.73 Å². The summed E-state index contributed by atoms with van der Waals surface area (Å²) in [6.07, 6.45) is 2.32. The number of carbonyl (C=O) groups excluding carboxylic acids is 2. The van der Waals surface area contributed by atoms with Crippen molar-refractivity contribution in [3.8, 4) is 0 Å². The Kier molecular flexibility index (Phi) is 5.26. The fourth-order valence-corrected chi connectivity index (χ4v) is 2.58. The summed E-state index contributed by atoms with van der Waals surface area (Å²) in [4.78, 5) is 25.7. The molecule has 1 fully saturated rings. The molecule has 3 N–H and O–H groups in total. The molecule has 0 aromatic heterocycles. The Morgan fingerprint density at radius 3 is 2.70 bits per heavy atom. The predicted molar refractivity (Wildman–Crippen MR) is 76.9 cm³/mol. The van der Waals surface area contributed by atoms with Crippen LogP contribution >= 0.6 is 0 Å². The molecule has 1 unspecified atom stereocenters. The molecule has 5 heteroatoms. The van der Waals surface area contributed by atoms with E-state index in [9.17, 15) is 9.59 Å². The maximum Gasteiger partial charge on any atom is 0.240 e. The number of nitrogens with zero attached hydrogens (tertiary/aromatic N) is 1. The quantitative estimate of drug-likeness (QED) is 0.810. The zero-order chi connectivity index (χ0) is 14.4. The van der Waals surface area contributed by atoms with Crippen molar-refractivity contribution < 1.29 is 9.59 Å². The first-order valence-corrected chi connectivity index (χ1v) is 6.99. The van der Waals surface area contributed by atoms with Crippen molar-refractivity contribution in [2.24, 2.45) is 5.73 Å². The van der Waals surface area contributed by atoms with Gasteiger partial charge in [-0.25, -0.2) is 0 Å². The molecule has 2 amide bonds.